The fourth-order valence-corrected chi connectivity index (χ4v) is 3.61. The van der Waals surface area contributed by atoms with E-state index >= 15 is 0 Å². The summed E-state index contributed by atoms with van der Waals surface area (Å²) in [5.74, 6) is 0.638. The molecule has 0 saturated heterocycles. The van der Waals surface area contributed by atoms with Crippen LogP contribution in [-0.2, 0) is 6.42 Å². The molecule has 0 amide bonds. The first kappa shape index (κ1) is 15.3. The van der Waals surface area contributed by atoms with E-state index in [4.69, 9.17) is 17.3 Å². The van der Waals surface area contributed by atoms with Crippen molar-refractivity contribution in [2.24, 2.45) is 17.1 Å². The first-order chi connectivity index (χ1) is 9.46. The Bertz CT molecular complexity index is 507. The maximum atomic E-state index is 11.2. The first-order valence-electron chi connectivity index (χ1n) is 7.09. The van der Waals surface area contributed by atoms with E-state index in [1.165, 1.54) is 12.5 Å². The summed E-state index contributed by atoms with van der Waals surface area (Å²) in [5.41, 5.74) is 6.87. The second kappa shape index (κ2) is 6.10. The summed E-state index contributed by atoms with van der Waals surface area (Å²) in [6.45, 7) is 2.82. The summed E-state index contributed by atoms with van der Waals surface area (Å²) in [6.07, 6.45) is 5.14. The van der Waals surface area contributed by atoms with Crippen molar-refractivity contribution in [3.8, 4) is 0 Å². The van der Waals surface area contributed by atoms with Crippen molar-refractivity contribution in [2.45, 2.75) is 39.0 Å². The van der Waals surface area contributed by atoms with Gasteiger partial charge in [0.2, 0.25) is 0 Å². The van der Waals surface area contributed by atoms with Gasteiger partial charge in [0.05, 0.1) is 4.92 Å². The van der Waals surface area contributed by atoms with Crippen molar-refractivity contribution >= 4 is 17.3 Å². The van der Waals surface area contributed by atoms with Crippen LogP contribution >= 0.6 is 11.6 Å². The molecule has 0 aliphatic heterocycles. The van der Waals surface area contributed by atoms with Crippen LogP contribution in [0.3, 0.4) is 0 Å². The average Bonchev–Trinajstić information content (AvgIpc) is 2.40. The van der Waals surface area contributed by atoms with Gasteiger partial charge < -0.3 is 5.73 Å². The first-order valence-corrected chi connectivity index (χ1v) is 7.46. The number of nitrogens with two attached hydrogens (primary N) is 1. The Morgan fingerprint density at radius 2 is 2.30 bits per heavy atom. The van der Waals surface area contributed by atoms with Crippen LogP contribution in [0.5, 0.6) is 0 Å². The Hall–Kier alpha value is -1.13. The predicted molar refractivity (Wildman–Crippen MR) is 80.9 cm³/mol. The molecule has 4 nitrogen and oxygen atoms in total. The van der Waals surface area contributed by atoms with E-state index in [1.54, 1.807) is 12.1 Å². The highest BCUT2D eigenvalue weighted by Crippen LogP contribution is 2.42. The van der Waals surface area contributed by atoms with Gasteiger partial charge in [-0.25, -0.2) is 0 Å². The van der Waals surface area contributed by atoms with Crippen LogP contribution in [-0.4, -0.2) is 11.5 Å². The number of nitro benzene ring substituents is 1. The van der Waals surface area contributed by atoms with E-state index in [2.05, 4.69) is 6.92 Å². The van der Waals surface area contributed by atoms with Crippen LogP contribution in [0.1, 0.15) is 38.2 Å². The van der Waals surface area contributed by atoms with Crippen LogP contribution in [0.15, 0.2) is 18.2 Å². The smallest absolute Gasteiger partial charge is 0.274 e. The standard InChI is InChI=1S/C15H21ClN2O2/c1-11-3-2-6-15(8-11,10-17)9-12-4-5-13(16)7-14(12)18(19)20/h4-5,7,11H,2-3,6,8-10,17H2,1H3. The molecule has 1 fully saturated rings. The van der Waals surface area contributed by atoms with Crippen molar-refractivity contribution in [3.63, 3.8) is 0 Å². The molecule has 1 aromatic carbocycles. The van der Waals surface area contributed by atoms with Gasteiger partial charge in [-0.15, -0.1) is 0 Å². The van der Waals surface area contributed by atoms with Gasteiger partial charge in [0.15, 0.2) is 0 Å². The van der Waals surface area contributed by atoms with E-state index in [0.717, 1.165) is 24.8 Å². The van der Waals surface area contributed by atoms with E-state index in [0.29, 0.717) is 23.9 Å². The minimum atomic E-state index is -0.350. The molecule has 2 N–H and O–H groups in total. The second-order valence-electron chi connectivity index (χ2n) is 6.11. The van der Waals surface area contributed by atoms with Crippen molar-refractivity contribution in [3.05, 3.63) is 38.9 Å². The minimum Gasteiger partial charge on any atom is -0.330 e. The molecule has 0 aromatic heterocycles. The summed E-state index contributed by atoms with van der Waals surface area (Å²) >= 11 is 5.87. The highest BCUT2D eigenvalue weighted by atomic mass is 35.5. The van der Waals surface area contributed by atoms with Crippen LogP contribution in [0, 0.1) is 21.4 Å². The Balaban J connectivity index is 2.30. The summed E-state index contributed by atoms with van der Waals surface area (Å²) in [5, 5.41) is 11.6. The molecule has 5 heteroatoms. The zero-order valence-corrected chi connectivity index (χ0v) is 12.5. The molecule has 0 heterocycles. The minimum absolute atomic E-state index is 0.00371. The lowest BCUT2D eigenvalue weighted by Gasteiger charge is -2.39. The van der Waals surface area contributed by atoms with E-state index < -0.39 is 0 Å². The quantitative estimate of drug-likeness (QED) is 0.675. The number of halogens is 1. The number of nitro groups is 1. The third-order valence-corrected chi connectivity index (χ3v) is 4.66. The normalized spacial score (nSPS) is 26.4. The fourth-order valence-electron chi connectivity index (χ4n) is 3.45. The van der Waals surface area contributed by atoms with Crippen LogP contribution < -0.4 is 5.73 Å². The summed E-state index contributed by atoms with van der Waals surface area (Å²) in [7, 11) is 0. The van der Waals surface area contributed by atoms with Crippen LogP contribution in [0.25, 0.3) is 0 Å². The number of hydrogen-bond donors (Lipinski definition) is 1. The van der Waals surface area contributed by atoms with E-state index in [9.17, 15) is 10.1 Å². The van der Waals surface area contributed by atoms with Crippen molar-refractivity contribution < 1.29 is 4.92 Å². The Kier molecular flexibility index (Phi) is 4.66. The molecule has 2 atom stereocenters. The van der Waals surface area contributed by atoms with Crippen molar-refractivity contribution in [1.29, 1.82) is 0 Å². The second-order valence-corrected chi connectivity index (χ2v) is 6.55. The Morgan fingerprint density at radius 3 is 2.90 bits per heavy atom. The van der Waals surface area contributed by atoms with Gasteiger partial charge in [-0.05, 0) is 43.2 Å². The molecular formula is C15H21ClN2O2. The fraction of sp³-hybridized carbons (Fsp3) is 0.600. The van der Waals surface area contributed by atoms with Gasteiger partial charge in [0, 0.05) is 16.7 Å². The zero-order chi connectivity index (χ0) is 14.8. The molecular weight excluding hydrogens is 276 g/mol. The van der Waals surface area contributed by atoms with Gasteiger partial charge in [0.25, 0.3) is 5.69 Å². The molecule has 2 rings (SSSR count). The summed E-state index contributed by atoms with van der Waals surface area (Å²) in [6, 6.07) is 4.94. The molecule has 0 spiro atoms. The van der Waals surface area contributed by atoms with Crippen molar-refractivity contribution in [2.75, 3.05) is 6.54 Å². The highest BCUT2D eigenvalue weighted by Gasteiger charge is 2.35. The van der Waals surface area contributed by atoms with Gasteiger partial charge >= 0.3 is 0 Å². The lowest BCUT2D eigenvalue weighted by molar-refractivity contribution is -0.385. The van der Waals surface area contributed by atoms with Gasteiger partial charge in [-0.1, -0.05) is 37.4 Å². The molecule has 0 bridgehead atoms. The maximum absolute atomic E-state index is 11.2. The number of rotatable bonds is 4. The number of nitrogens with zero attached hydrogens (tertiary/aromatic N) is 1. The average molecular weight is 297 g/mol. The molecule has 110 valence electrons. The summed E-state index contributed by atoms with van der Waals surface area (Å²) in [4.78, 5) is 10.8. The van der Waals surface area contributed by atoms with Gasteiger partial charge in [0.1, 0.15) is 0 Å². The van der Waals surface area contributed by atoms with Gasteiger partial charge in [-0.3, -0.25) is 10.1 Å². The van der Waals surface area contributed by atoms with Crippen LogP contribution in [0.4, 0.5) is 5.69 Å². The molecule has 1 aliphatic rings. The molecule has 1 aliphatic carbocycles. The molecule has 20 heavy (non-hydrogen) atoms. The Morgan fingerprint density at radius 1 is 1.55 bits per heavy atom. The molecule has 2 unspecified atom stereocenters. The highest BCUT2D eigenvalue weighted by molar-refractivity contribution is 6.30. The molecule has 1 aromatic rings. The largest absolute Gasteiger partial charge is 0.330 e. The maximum Gasteiger partial charge on any atom is 0.274 e. The summed E-state index contributed by atoms with van der Waals surface area (Å²) < 4.78 is 0. The molecule has 0 radical (unpaired) electrons. The third-order valence-electron chi connectivity index (χ3n) is 4.43. The zero-order valence-electron chi connectivity index (χ0n) is 11.8. The number of hydrogen-bond acceptors (Lipinski definition) is 3. The van der Waals surface area contributed by atoms with Crippen LogP contribution in [0.2, 0.25) is 5.02 Å². The predicted octanol–water partition coefficient (Wildman–Crippen LogP) is 3.95. The molecule has 1 saturated carbocycles. The Labute approximate surface area is 124 Å². The van der Waals surface area contributed by atoms with Crippen molar-refractivity contribution in [1.82, 2.24) is 0 Å². The van der Waals surface area contributed by atoms with Gasteiger partial charge in [-0.2, -0.15) is 0 Å². The lowest BCUT2D eigenvalue weighted by Crippen LogP contribution is -2.37. The topological polar surface area (TPSA) is 69.2 Å². The van der Waals surface area contributed by atoms with E-state index in [-0.39, 0.29) is 16.0 Å². The third kappa shape index (κ3) is 3.30. The lowest BCUT2D eigenvalue weighted by atomic mass is 9.67. The van der Waals surface area contributed by atoms with E-state index in [1.807, 2.05) is 0 Å². The SMILES string of the molecule is CC1CCCC(CN)(Cc2ccc(Cl)cc2[N+](=O)[O-])C1. The number of benzene rings is 1. The monoisotopic (exact) mass is 296 g/mol.